The molecule has 4 heteroatoms. The molecule has 1 heterocycles. The van der Waals surface area contributed by atoms with Gasteiger partial charge in [-0.05, 0) is 29.8 Å². The number of hydrogen-bond donors (Lipinski definition) is 0. The normalized spacial score (nSPS) is 13.7. The Morgan fingerprint density at radius 3 is 2.60 bits per heavy atom. The largest absolute Gasteiger partial charge is 0.496 e. The van der Waals surface area contributed by atoms with Gasteiger partial charge in [0.15, 0.2) is 0 Å². The molecular weight excluding hydrogens is 274 g/mol. The maximum absolute atomic E-state index is 12.1. The second-order valence-corrected chi connectivity index (χ2v) is 4.97. The number of hydrogen-bond acceptors (Lipinski definition) is 2. The lowest BCUT2D eigenvalue weighted by Crippen LogP contribution is -2.18. The topological polar surface area (TPSA) is 38.7 Å². The van der Waals surface area contributed by atoms with Crippen LogP contribution in [0.1, 0.15) is 21.5 Å². The van der Waals surface area contributed by atoms with Crippen LogP contribution in [-0.2, 0) is 6.42 Å². The zero-order valence-electron chi connectivity index (χ0n) is 10.9. The van der Waals surface area contributed by atoms with E-state index in [0.717, 1.165) is 22.6 Å². The van der Waals surface area contributed by atoms with Gasteiger partial charge < -0.3 is 4.74 Å². The smallest absolute Gasteiger partial charge is 0.277 e. The molecule has 0 fully saturated rings. The summed E-state index contributed by atoms with van der Waals surface area (Å²) in [5, 5.41) is 0.662. The van der Waals surface area contributed by atoms with Gasteiger partial charge in [0, 0.05) is 22.6 Å². The molecule has 0 aromatic heterocycles. The van der Waals surface area contributed by atoms with E-state index in [-0.39, 0.29) is 5.91 Å². The molecule has 0 bridgehead atoms. The number of ether oxygens (including phenoxy) is 1. The number of carbonyl (C=O) groups excluding carboxylic acids is 1. The summed E-state index contributed by atoms with van der Waals surface area (Å²) in [6.07, 6.45) is 0.576. The maximum Gasteiger partial charge on any atom is 0.277 e. The fourth-order valence-electron chi connectivity index (χ4n) is 2.34. The molecule has 0 spiro atoms. The number of rotatable bonds is 2. The summed E-state index contributed by atoms with van der Waals surface area (Å²) in [6.45, 7) is 0. The second-order valence-electron chi connectivity index (χ2n) is 4.53. The van der Waals surface area contributed by atoms with Gasteiger partial charge in [0.25, 0.3) is 5.91 Å². The van der Waals surface area contributed by atoms with Gasteiger partial charge in [-0.2, -0.15) is 0 Å². The predicted molar refractivity (Wildman–Crippen MR) is 79.0 cm³/mol. The van der Waals surface area contributed by atoms with Crippen LogP contribution in [0.25, 0.3) is 0 Å². The predicted octanol–water partition coefficient (Wildman–Crippen LogP) is 3.53. The van der Waals surface area contributed by atoms with E-state index in [4.69, 9.17) is 16.3 Å². The SMILES string of the molecule is COc1cccc2c1CC(c1ccc(Cl)cc1)=NC2=O. The van der Waals surface area contributed by atoms with Crippen molar-refractivity contribution in [2.75, 3.05) is 7.11 Å². The molecule has 3 rings (SSSR count). The van der Waals surface area contributed by atoms with Crippen molar-refractivity contribution < 1.29 is 9.53 Å². The lowest BCUT2D eigenvalue weighted by atomic mass is 9.94. The number of fused-ring (bicyclic) bond motifs is 1. The molecule has 20 heavy (non-hydrogen) atoms. The minimum atomic E-state index is -0.227. The molecule has 0 unspecified atom stereocenters. The Morgan fingerprint density at radius 1 is 1.15 bits per heavy atom. The summed E-state index contributed by atoms with van der Waals surface area (Å²) in [6, 6.07) is 12.8. The Balaban J connectivity index is 2.05. The first-order valence-electron chi connectivity index (χ1n) is 6.23. The molecule has 1 amide bonds. The number of benzene rings is 2. The fourth-order valence-corrected chi connectivity index (χ4v) is 2.46. The third-order valence-electron chi connectivity index (χ3n) is 3.34. The van der Waals surface area contributed by atoms with Gasteiger partial charge in [-0.1, -0.05) is 29.8 Å². The number of aliphatic imine (C=N–C) groups is 1. The van der Waals surface area contributed by atoms with Crippen molar-refractivity contribution in [2.45, 2.75) is 6.42 Å². The Bertz CT molecular complexity index is 705. The molecule has 0 aliphatic carbocycles. The van der Waals surface area contributed by atoms with Crippen LogP contribution >= 0.6 is 11.6 Å². The van der Waals surface area contributed by atoms with Gasteiger partial charge >= 0.3 is 0 Å². The second kappa shape index (κ2) is 5.10. The number of methoxy groups -OCH3 is 1. The zero-order valence-corrected chi connectivity index (χ0v) is 11.6. The summed E-state index contributed by atoms with van der Waals surface area (Å²) in [4.78, 5) is 16.3. The van der Waals surface area contributed by atoms with Gasteiger partial charge in [-0.3, -0.25) is 4.79 Å². The van der Waals surface area contributed by atoms with E-state index >= 15 is 0 Å². The third-order valence-corrected chi connectivity index (χ3v) is 3.59. The molecular formula is C16H12ClNO2. The number of carbonyl (C=O) groups is 1. The van der Waals surface area contributed by atoms with Crippen molar-refractivity contribution >= 4 is 23.2 Å². The van der Waals surface area contributed by atoms with E-state index in [1.54, 1.807) is 31.4 Å². The number of halogens is 1. The summed E-state index contributed by atoms with van der Waals surface area (Å²) in [5.74, 6) is 0.493. The minimum absolute atomic E-state index is 0.227. The van der Waals surface area contributed by atoms with E-state index in [2.05, 4.69) is 4.99 Å². The Morgan fingerprint density at radius 2 is 1.90 bits per heavy atom. The number of nitrogens with zero attached hydrogens (tertiary/aromatic N) is 1. The van der Waals surface area contributed by atoms with Crippen LogP contribution in [0.3, 0.4) is 0 Å². The lowest BCUT2D eigenvalue weighted by molar-refractivity contribution is 0.0999. The van der Waals surface area contributed by atoms with Crippen LogP contribution in [0.4, 0.5) is 0 Å². The molecule has 0 N–H and O–H groups in total. The molecule has 0 saturated heterocycles. The van der Waals surface area contributed by atoms with Gasteiger partial charge in [-0.15, -0.1) is 0 Å². The maximum atomic E-state index is 12.1. The molecule has 0 saturated carbocycles. The fraction of sp³-hybridized carbons (Fsp3) is 0.125. The van der Waals surface area contributed by atoms with Crippen LogP contribution in [0.15, 0.2) is 47.5 Å². The highest BCUT2D eigenvalue weighted by molar-refractivity contribution is 6.30. The van der Waals surface area contributed by atoms with Crippen LogP contribution in [0.5, 0.6) is 5.75 Å². The molecule has 0 atom stereocenters. The Labute approximate surface area is 121 Å². The first-order chi connectivity index (χ1) is 9.69. The molecule has 3 nitrogen and oxygen atoms in total. The monoisotopic (exact) mass is 285 g/mol. The van der Waals surface area contributed by atoms with Crippen LogP contribution in [0.2, 0.25) is 5.02 Å². The third kappa shape index (κ3) is 2.21. The quantitative estimate of drug-likeness (QED) is 0.846. The van der Waals surface area contributed by atoms with Crippen molar-refractivity contribution in [3.8, 4) is 5.75 Å². The van der Waals surface area contributed by atoms with E-state index in [1.165, 1.54) is 0 Å². The van der Waals surface area contributed by atoms with E-state index < -0.39 is 0 Å². The molecule has 1 aliphatic heterocycles. The summed E-state index contributed by atoms with van der Waals surface area (Å²) in [5.41, 5.74) is 3.14. The standard InChI is InChI=1S/C16H12ClNO2/c1-20-15-4-2-3-12-13(15)9-14(18-16(12)19)10-5-7-11(17)8-6-10/h2-8H,9H2,1H3. The van der Waals surface area contributed by atoms with E-state index in [9.17, 15) is 4.79 Å². The highest BCUT2D eigenvalue weighted by atomic mass is 35.5. The average molecular weight is 286 g/mol. The van der Waals surface area contributed by atoms with Crippen molar-refractivity contribution in [3.63, 3.8) is 0 Å². The van der Waals surface area contributed by atoms with Crippen LogP contribution in [-0.4, -0.2) is 18.7 Å². The molecule has 2 aromatic rings. The molecule has 0 radical (unpaired) electrons. The summed E-state index contributed by atoms with van der Waals surface area (Å²) in [7, 11) is 1.60. The van der Waals surface area contributed by atoms with Gasteiger partial charge in [0.05, 0.1) is 12.8 Å². The summed E-state index contributed by atoms with van der Waals surface area (Å²) < 4.78 is 5.34. The zero-order chi connectivity index (χ0) is 14.1. The van der Waals surface area contributed by atoms with Crippen molar-refractivity contribution in [2.24, 2.45) is 4.99 Å². The minimum Gasteiger partial charge on any atom is -0.496 e. The molecule has 100 valence electrons. The Hall–Kier alpha value is -2.13. The summed E-state index contributed by atoms with van der Waals surface area (Å²) >= 11 is 5.88. The first kappa shape index (κ1) is 12.9. The van der Waals surface area contributed by atoms with E-state index in [1.807, 2.05) is 18.2 Å². The average Bonchev–Trinajstić information content (AvgIpc) is 2.47. The van der Waals surface area contributed by atoms with Gasteiger partial charge in [0.2, 0.25) is 0 Å². The first-order valence-corrected chi connectivity index (χ1v) is 6.60. The number of amides is 1. The van der Waals surface area contributed by atoms with Crippen LogP contribution < -0.4 is 4.74 Å². The molecule has 2 aromatic carbocycles. The highest BCUT2D eigenvalue weighted by Crippen LogP contribution is 2.28. The van der Waals surface area contributed by atoms with Crippen molar-refractivity contribution in [3.05, 3.63) is 64.2 Å². The van der Waals surface area contributed by atoms with E-state index in [0.29, 0.717) is 17.0 Å². The highest BCUT2D eigenvalue weighted by Gasteiger charge is 2.23. The van der Waals surface area contributed by atoms with Gasteiger partial charge in [-0.25, -0.2) is 4.99 Å². The lowest BCUT2D eigenvalue weighted by Gasteiger charge is -2.18. The van der Waals surface area contributed by atoms with Crippen LogP contribution in [0, 0.1) is 0 Å². The van der Waals surface area contributed by atoms with Crippen molar-refractivity contribution in [1.29, 1.82) is 0 Å². The molecule has 1 aliphatic rings. The van der Waals surface area contributed by atoms with Gasteiger partial charge in [0.1, 0.15) is 5.75 Å². The Kier molecular flexibility index (Phi) is 3.28. The van der Waals surface area contributed by atoms with Crippen molar-refractivity contribution in [1.82, 2.24) is 0 Å².